The topological polar surface area (TPSA) is 106 Å². The predicted molar refractivity (Wildman–Crippen MR) is 101 cm³/mol. The van der Waals surface area contributed by atoms with Crippen LogP contribution in [-0.2, 0) is 11.3 Å². The lowest BCUT2D eigenvalue weighted by Crippen LogP contribution is -2.46. The van der Waals surface area contributed by atoms with Gasteiger partial charge in [-0.1, -0.05) is 30.3 Å². The van der Waals surface area contributed by atoms with E-state index in [2.05, 4.69) is 10.3 Å². The van der Waals surface area contributed by atoms with E-state index in [-0.39, 0.29) is 19.1 Å². The first kappa shape index (κ1) is 19.4. The predicted octanol–water partition coefficient (Wildman–Crippen LogP) is 0.152. The molecule has 0 aliphatic carbocycles. The third-order valence-electron chi connectivity index (χ3n) is 5.02. The molecule has 1 aromatic carbocycles. The van der Waals surface area contributed by atoms with Crippen LogP contribution < -0.4 is 5.32 Å². The van der Waals surface area contributed by atoms with Crippen LogP contribution in [0.2, 0.25) is 0 Å². The smallest absolute Gasteiger partial charge is 0.216 e. The van der Waals surface area contributed by atoms with Gasteiger partial charge < -0.3 is 20.6 Å². The van der Waals surface area contributed by atoms with Crippen molar-refractivity contribution < 1.29 is 20.1 Å². The second-order valence-corrected chi connectivity index (χ2v) is 6.82. The lowest BCUT2D eigenvalue weighted by molar-refractivity contribution is -0.119. The molecular weight excluding hydrogens is 346 g/mol. The van der Waals surface area contributed by atoms with Crippen LogP contribution in [0.1, 0.15) is 12.5 Å². The van der Waals surface area contributed by atoms with Crippen LogP contribution in [0, 0.1) is 0 Å². The van der Waals surface area contributed by atoms with Crippen molar-refractivity contribution in [1.29, 1.82) is 0 Å². The molecule has 1 aliphatic heterocycles. The quantitative estimate of drug-likeness (QED) is 0.576. The van der Waals surface area contributed by atoms with Crippen LogP contribution in [0.5, 0.6) is 0 Å². The molecule has 0 bridgehead atoms. The number of carbonyl (C=O) groups is 1. The third-order valence-corrected chi connectivity index (χ3v) is 5.02. The molecule has 2 heterocycles. The Bertz CT molecular complexity index is 754. The number of hydrogen-bond acceptors (Lipinski definition) is 6. The van der Waals surface area contributed by atoms with Crippen molar-refractivity contribution in [2.24, 2.45) is 0 Å². The van der Waals surface area contributed by atoms with E-state index in [4.69, 9.17) is 0 Å². The normalized spacial score (nSPS) is 25.5. The van der Waals surface area contributed by atoms with Gasteiger partial charge in [0.05, 0.1) is 36.6 Å². The zero-order valence-electron chi connectivity index (χ0n) is 15.2. The number of hydrogen-bond donors (Lipinski definition) is 4. The van der Waals surface area contributed by atoms with Gasteiger partial charge in [0.25, 0.3) is 0 Å². The summed E-state index contributed by atoms with van der Waals surface area (Å²) in [6.07, 6.45) is -0.363. The van der Waals surface area contributed by atoms with E-state index in [0.29, 0.717) is 6.54 Å². The molecule has 7 heteroatoms. The number of aliphatic hydroxyl groups excluding tert-OH is 3. The van der Waals surface area contributed by atoms with Crippen LogP contribution >= 0.6 is 0 Å². The maximum absolute atomic E-state index is 11.2. The average molecular weight is 371 g/mol. The molecule has 0 radical (unpaired) electrons. The molecule has 1 fully saturated rings. The second-order valence-electron chi connectivity index (χ2n) is 6.82. The Balaban J connectivity index is 1.77. The van der Waals surface area contributed by atoms with E-state index in [1.807, 2.05) is 47.4 Å². The molecule has 1 amide bonds. The van der Waals surface area contributed by atoms with E-state index in [9.17, 15) is 20.1 Å². The number of aromatic nitrogens is 1. The zero-order chi connectivity index (χ0) is 19.4. The Hall–Kier alpha value is -2.32. The summed E-state index contributed by atoms with van der Waals surface area (Å²) in [7, 11) is 0. The van der Waals surface area contributed by atoms with E-state index in [1.165, 1.54) is 6.92 Å². The molecule has 3 rings (SSSR count). The zero-order valence-corrected chi connectivity index (χ0v) is 15.2. The van der Waals surface area contributed by atoms with Crippen LogP contribution in [0.25, 0.3) is 11.3 Å². The Labute approximate surface area is 158 Å². The minimum absolute atomic E-state index is 0.204. The number of nitrogens with one attached hydrogen (secondary N) is 1. The van der Waals surface area contributed by atoms with E-state index in [1.54, 1.807) is 6.20 Å². The molecule has 1 aromatic heterocycles. The van der Waals surface area contributed by atoms with Crippen molar-refractivity contribution in [2.75, 3.05) is 13.2 Å². The average Bonchev–Trinajstić information content (AvgIpc) is 2.91. The molecule has 1 saturated heterocycles. The molecule has 4 N–H and O–H groups in total. The number of benzene rings is 1. The van der Waals surface area contributed by atoms with Crippen LogP contribution in [0.15, 0.2) is 48.7 Å². The Kier molecular flexibility index (Phi) is 6.18. The SMILES string of the molecule is CC(=O)NCC1[C@@H](O)[C@H](O)[C@@H](CO)N1Cc1ccc(-c2ccccn2)cc1. The number of likely N-dealkylation sites (tertiary alicyclic amines) is 1. The molecule has 2 aromatic rings. The highest BCUT2D eigenvalue weighted by molar-refractivity contribution is 5.72. The molecule has 4 atom stereocenters. The number of pyridine rings is 1. The first-order valence-corrected chi connectivity index (χ1v) is 8.98. The molecule has 0 spiro atoms. The van der Waals surface area contributed by atoms with Gasteiger partial charge in [0.2, 0.25) is 5.91 Å². The van der Waals surface area contributed by atoms with Gasteiger partial charge in [-0.25, -0.2) is 0 Å². The summed E-state index contributed by atoms with van der Waals surface area (Å²) < 4.78 is 0. The molecular formula is C20H25N3O4. The summed E-state index contributed by atoms with van der Waals surface area (Å²) in [6.45, 7) is 1.77. The standard InChI is InChI=1S/C20H25N3O4/c1-13(25)22-10-17-19(26)20(27)18(12-24)23(17)11-14-5-7-15(8-6-14)16-4-2-3-9-21-16/h2-9,17-20,24,26-27H,10-12H2,1H3,(H,22,25)/t17?,18-,19-,20-/m1/s1. The number of carbonyl (C=O) groups excluding carboxylic acids is 1. The van der Waals surface area contributed by atoms with E-state index in [0.717, 1.165) is 16.8 Å². The van der Waals surface area contributed by atoms with Crippen molar-refractivity contribution in [3.05, 3.63) is 54.2 Å². The summed E-state index contributed by atoms with van der Waals surface area (Å²) in [5.41, 5.74) is 2.85. The maximum atomic E-state index is 11.2. The second kappa shape index (κ2) is 8.58. The monoisotopic (exact) mass is 371 g/mol. The van der Waals surface area contributed by atoms with Crippen molar-refractivity contribution >= 4 is 5.91 Å². The first-order chi connectivity index (χ1) is 13.0. The Morgan fingerprint density at radius 3 is 2.41 bits per heavy atom. The highest BCUT2D eigenvalue weighted by atomic mass is 16.3. The van der Waals surface area contributed by atoms with Gasteiger partial charge in [-0.2, -0.15) is 0 Å². The first-order valence-electron chi connectivity index (χ1n) is 8.98. The van der Waals surface area contributed by atoms with Gasteiger partial charge in [0, 0.05) is 31.8 Å². The van der Waals surface area contributed by atoms with Gasteiger partial charge in [-0.15, -0.1) is 0 Å². The minimum atomic E-state index is -1.07. The molecule has 27 heavy (non-hydrogen) atoms. The Morgan fingerprint density at radius 1 is 1.11 bits per heavy atom. The molecule has 7 nitrogen and oxygen atoms in total. The molecule has 1 aliphatic rings. The van der Waals surface area contributed by atoms with Gasteiger partial charge >= 0.3 is 0 Å². The number of aliphatic hydroxyl groups is 3. The highest BCUT2D eigenvalue weighted by Crippen LogP contribution is 2.27. The van der Waals surface area contributed by atoms with Gasteiger partial charge in [0.1, 0.15) is 0 Å². The van der Waals surface area contributed by atoms with Crippen molar-refractivity contribution in [3.8, 4) is 11.3 Å². The summed E-state index contributed by atoms with van der Waals surface area (Å²) in [5, 5.41) is 33.0. The number of nitrogens with zero attached hydrogens (tertiary/aromatic N) is 2. The summed E-state index contributed by atoms with van der Waals surface area (Å²) in [4.78, 5) is 17.4. The fourth-order valence-electron chi connectivity index (χ4n) is 3.55. The highest BCUT2D eigenvalue weighted by Gasteiger charge is 2.46. The number of rotatable bonds is 6. The number of amides is 1. The van der Waals surface area contributed by atoms with Gasteiger partial charge in [-0.3, -0.25) is 14.7 Å². The van der Waals surface area contributed by atoms with Crippen molar-refractivity contribution in [1.82, 2.24) is 15.2 Å². The lowest BCUT2D eigenvalue weighted by Gasteiger charge is -2.29. The van der Waals surface area contributed by atoms with E-state index < -0.39 is 24.3 Å². The minimum Gasteiger partial charge on any atom is -0.395 e. The lowest BCUT2D eigenvalue weighted by atomic mass is 10.1. The summed E-state index contributed by atoms with van der Waals surface area (Å²) in [6, 6.07) is 12.5. The Morgan fingerprint density at radius 2 is 1.81 bits per heavy atom. The van der Waals surface area contributed by atoms with Gasteiger partial charge in [-0.05, 0) is 17.7 Å². The summed E-state index contributed by atoms with van der Waals surface area (Å²) >= 11 is 0. The summed E-state index contributed by atoms with van der Waals surface area (Å²) in [5.74, 6) is -0.205. The largest absolute Gasteiger partial charge is 0.395 e. The molecule has 1 unspecified atom stereocenters. The van der Waals surface area contributed by atoms with Crippen molar-refractivity contribution in [2.45, 2.75) is 37.8 Å². The molecule has 0 saturated carbocycles. The van der Waals surface area contributed by atoms with Crippen LogP contribution in [0.3, 0.4) is 0 Å². The van der Waals surface area contributed by atoms with Crippen LogP contribution in [0.4, 0.5) is 0 Å². The van der Waals surface area contributed by atoms with E-state index >= 15 is 0 Å². The van der Waals surface area contributed by atoms with Gasteiger partial charge in [0.15, 0.2) is 0 Å². The fraction of sp³-hybridized carbons (Fsp3) is 0.400. The van der Waals surface area contributed by atoms with Crippen LogP contribution in [-0.4, -0.2) is 68.6 Å². The molecule has 144 valence electrons. The third kappa shape index (κ3) is 4.33. The van der Waals surface area contributed by atoms with Crippen molar-refractivity contribution in [3.63, 3.8) is 0 Å². The maximum Gasteiger partial charge on any atom is 0.216 e. The fourth-order valence-corrected chi connectivity index (χ4v) is 3.55.